The van der Waals surface area contributed by atoms with Gasteiger partial charge >= 0.3 is 0 Å². The first-order chi connectivity index (χ1) is 7.77. The highest BCUT2D eigenvalue weighted by Crippen LogP contribution is 2.23. The average Bonchev–Trinajstić information content (AvgIpc) is 2.88. The molecule has 16 heavy (non-hydrogen) atoms. The molecule has 0 spiro atoms. The first-order valence-electron chi connectivity index (χ1n) is 5.24. The lowest BCUT2D eigenvalue weighted by molar-refractivity contribution is 0.430. The van der Waals surface area contributed by atoms with Crippen LogP contribution in [0.15, 0.2) is 38.0 Å². The molecular weight excluding hydrogens is 286 g/mol. The zero-order valence-corrected chi connectivity index (χ0v) is 11.5. The van der Waals surface area contributed by atoms with Crippen LogP contribution in [0.2, 0.25) is 0 Å². The minimum atomic E-state index is 0.239. The van der Waals surface area contributed by atoms with E-state index < -0.39 is 0 Å². The maximum absolute atomic E-state index is 5.41. The minimum absolute atomic E-state index is 0.239. The average molecular weight is 300 g/mol. The molecule has 0 saturated carbocycles. The molecule has 86 valence electrons. The van der Waals surface area contributed by atoms with E-state index in [9.17, 15) is 0 Å². The zero-order valence-electron chi connectivity index (χ0n) is 9.07. The Morgan fingerprint density at radius 1 is 1.50 bits per heavy atom. The van der Waals surface area contributed by atoms with Crippen molar-refractivity contribution in [3.05, 3.63) is 45.0 Å². The van der Waals surface area contributed by atoms with Gasteiger partial charge in [-0.15, -0.1) is 0 Å². The molecule has 0 aliphatic rings. The maximum Gasteiger partial charge on any atom is 0.134 e. The topological polar surface area (TPSA) is 25.2 Å². The van der Waals surface area contributed by atoms with E-state index in [1.54, 1.807) is 17.6 Å². The van der Waals surface area contributed by atoms with Crippen LogP contribution in [-0.2, 0) is 6.42 Å². The third kappa shape index (κ3) is 2.97. The van der Waals surface area contributed by atoms with Crippen molar-refractivity contribution in [3.8, 4) is 0 Å². The molecule has 2 aromatic heterocycles. The van der Waals surface area contributed by atoms with Gasteiger partial charge in [-0.25, -0.2) is 0 Å². The monoisotopic (exact) mass is 299 g/mol. The molecule has 2 aromatic rings. The van der Waals surface area contributed by atoms with Crippen molar-refractivity contribution < 1.29 is 4.42 Å². The molecule has 0 saturated heterocycles. The van der Waals surface area contributed by atoms with E-state index in [-0.39, 0.29) is 6.04 Å². The summed E-state index contributed by atoms with van der Waals surface area (Å²) in [6.45, 7) is 3.07. The number of nitrogens with one attached hydrogen (secondary N) is 1. The second-order valence-corrected chi connectivity index (χ2v) is 5.32. The second kappa shape index (κ2) is 5.66. The maximum atomic E-state index is 5.41. The van der Waals surface area contributed by atoms with E-state index in [0.717, 1.165) is 23.2 Å². The Kier molecular flexibility index (Phi) is 4.21. The van der Waals surface area contributed by atoms with Gasteiger partial charge in [-0.3, -0.25) is 0 Å². The highest BCUT2D eigenvalue weighted by atomic mass is 79.9. The van der Waals surface area contributed by atoms with Gasteiger partial charge in [-0.05, 0) is 64.3 Å². The molecule has 1 atom stereocenters. The Morgan fingerprint density at radius 3 is 3.00 bits per heavy atom. The Labute approximate surface area is 108 Å². The molecule has 0 bridgehead atoms. The van der Waals surface area contributed by atoms with Crippen LogP contribution in [-0.4, -0.2) is 6.54 Å². The van der Waals surface area contributed by atoms with Gasteiger partial charge < -0.3 is 9.73 Å². The molecule has 0 fully saturated rings. The Balaban J connectivity index is 1.80. The summed E-state index contributed by atoms with van der Waals surface area (Å²) in [5.41, 5.74) is 1.39. The van der Waals surface area contributed by atoms with Gasteiger partial charge in [-0.2, -0.15) is 11.3 Å². The van der Waals surface area contributed by atoms with Crippen LogP contribution >= 0.6 is 27.3 Å². The van der Waals surface area contributed by atoms with E-state index in [4.69, 9.17) is 4.42 Å². The SMILES string of the molecule is CC(NCCc1ccsc1)c1occc1Br. The first-order valence-corrected chi connectivity index (χ1v) is 6.98. The Morgan fingerprint density at radius 2 is 2.38 bits per heavy atom. The molecule has 0 amide bonds. The van der Waals surface area contributed by atoms with E-state index in [1.165, 1.54) is 5.56 Å². The molecule has 1 N–H and O–H groups in total. The molecule has 0 aliphatic carbocycles. The van der Waals surface area contributed by atoms with Crippen molar-refractivity contribution in [1.29, 1.82) is 0 Å². The van der Waals surface area contributed by atoms with Crippen molar-refractivity contribution in [1.82, 2.24) is 5.32 Å². The second-order valence-electron chi connectivity index (χ2n) is 3.69. The van der Waals surface area contributed by atoms with E-state index in [0.29, 0.717) is 0 Å². The summed E-state index contributed by atoms with van der Waals surface area (Å²) in [5, 5.41) is 7.75. The Hall–Kier alpha value is -0.580. The summed E-state index contributed by atoms with van der Waals surface area (Å²) in [7, 11) is 0. The van der Waals surface area contributed by atoms with Crippen molar-refractivity contribution in [2.45, 2.75) is 19.4 Å². The fourth-order valence-corrected chi connectivity index (χ4v) is 2.82. The van der Waals surface area contributed by atoms with Crippen LogP contribution in [0.5, 0.6) is 0 Å². The zero-order chi connectivity index (χ0) is 11.4. The van der Waals surface area contributed by atoms with Crippen LogP contribution in [0.4, 0.5) is 0 Å². The smallest absolute Gasteiger partial charge is 0.134 e. The summed E-state index contributed by atoms with van der Waals surface area (Å²) in [6, 6.07) is 4.33. The molecule has 2 heterocycles. The van der Waals surface area contributed by atoms with Gasteiger partial charge in [0.15, 0.2) is 0 Å². The molecule has 0 radical (unpaired) electrons. The minimum Gasteiger partial charge on any atom is -0.466 e. The fraction of sp³-hybridized carbons (Fsp3) is 0.333. The van der Waals surface area contributed by atoms with Crippen molar-refractivity contribution in [2.75, 3.05) is 6.54 Å². The van der Waals surface area contributed by atoms with Gasteiger partial charge in [0.05, 0.1) is 16.8 Å². The fourth-order valence-electron chi connectivity index (χ4n) is 1.57. The van der Waals surface area contributed by atoms with Crippen LogP contribution in [0.3, 0.4) is 0 Å². The van der Waals surface area contributed by atoms with Crippen LogP contribution in [0.1, 0.15) is 24.3 Å². The molecule has 2 rings (SSSR count). The number of furan rings is 1. The van der Waals surface area contributed by atoms with Crippen LogP contribution in [0.25, 0.3) is 0 Å². The number of rotatable bonds is 5. The standard InChI is InChI=1S/C12H14BrNOS/c1-9(12-11(13)3-6-15-12)14-5-2-10-4-7-16-8-10/h3-4,6-9,14H,2,5H2,1H3. The van der Waals surface area contributed by atoms with Crippen LogP contribution in [0, 0.1) is 0 Å². The number of thiophene rings is 1. The predicted molar refractivity (Wildman–Crippen MR) is 70.8 cm³/mol. The van der Waals surface area contributed by atoms with Crippen molar-refractivity contribution in [2.24, 2.45) is 0 Å². The summed E-state index contributed by atoms with van der Waals surface area (Å²) < 4.78 is 6.44. The Bertz CT molecular complexity index is 424. The highest BCUT2D eigenvalue weighted by Gasteiger charge is 2.11. The largest absolute Gasteiger partial charge is 0.466 e. The molecule has 1 unspecified atom stereocenters. The number of halogens is 1. The number of hydrogen-bond donors (Lipinski definition) is 1. The molecule has 0 aliphatic heterocycles. The van der Waals surface area contributed by atoms with Crippen LogP contribution < -0.4 is 5.32 Å². The van der Waals surface area contributed by atoms with Gasteiger partial charge in [-0.1, -0.05) is 0 Å². The molecular formula is C12H14BrNOS. The first kappa shape index (κ1) is 11.9. The third-order valence-corrected chi connectivity index (χ3v) is 3.87. The predicted octanol–water partition coefficient (Wildman–Crippen LogP) is 4.00. The quantitative estimate of drug-likeness (QED) is 0.903. The van der Waals surface area contributed by atoms with Gasteiger partial charge in [0.2, 0.25) is 0 Å². The van der Waals surface area contributed by atoms with Gasteiger partial charge in [0.25, 0.3) is 0 Å². The lowest BCUT2D eigenvalue weighted by atomic mass is 10.2. The summed E-state index contributed by atoms with van der Waals surface area (Å²) in [5.74, 6) is 0.963. The summed E-state index contributed by atoms with van der Waals surface area (Å²) >= 11 is 5.21. The van der Waals surface area contributed by atoms with Crippen molar-refractivity contribution in [3.63, 3.8) is 0 Å². The lowest BCUT2D eigenvalue weighted by Gasteiger charge is -2.11. The molecule has 4 heteroatoms. The molecule has 2 nitrogen and oxygen atoms in total. The third-order valence-electron chi connectivity index (χ3n) is 2.48. The van der Waals surface area contributed by atoms with Crippen molar-refractivity contribution >= 4 is 27.3 Å². The normalized spacial score (nSPS) is 12.9. The number of hydrogen-bond acceptors (Lipinski definition) is 3. The molecule has 0 aromatic carbocycles. The highest BCUT2D eigenvalue weighted by molar-refractivity contribution is 9.10. The summed E-state index contributed by atoms with van der Waals surface area (Å²) in [4.78, 5) is 0. The van der Waals surface area contributed by atoms with E-state index in [2.05, 4.69) is 45.0 Å². The van der Waals surface area contributed by atoms with Gasteiger partial charge in [0.1, 0.15) is 5.76 Å². The summed E-state index contributed by atoms with van der Waals surface area (Å²) in [6.07, 6.45) is 2.77. The van der Waals surface area contributed by atoms with Gasteiger partial charge in [0, 0.05) is 0 Å². The lowest BCUT2D eigenvalue weighted by Crippen LogP contribution is -2.21. The van der Waals surface area contributed by atoms with E-state index >= 15 is 0 Å². The van der Waals surface area contributed by atoms with E-state index in [1.807, 2.05) is 6.07 Å².